The van der Waals surface area contributed by atoms with Crippen molar-refractivity contribution in [3.05, 3.63) is 35.9 Å². The molecule has 4 heteroatoms. The first-order chi connectivity index (χ1) is 9.53. The molecule has 0 bridgehead atoms. The molecule has 0 saturated heterocycles. The summed E-state index contributed by atoms with van der Waals surface area (Å²) in [6.07, 6.45) is 2.59. The van der Waals surface area contributed by atoms with Gasteiger partial charge in [0.05, 0.1) is 11.4 Å². The van der Waals surface area contributed by atoms with Gasteiger partial charge in [-0.25, -0.2) is 0 Å². The van der Waals surface area contributed by atoms with Gasteiger partial charge in [-0.3, -0.25) is 4.79 Å². The first-order valence-electron chi connectivity index (χ1n) is 7.14. The fraction of sp³-hybridized carbons (Fsp3) is 0.562. The zero-order chi connectivity index (χ0) is 14.8. The van der Waals surface area contributed by atoms with E-state index in [0.29, 0.717) is 18.7 Å². The van der Waals surface area contributed by atoms with Gasteiger partial charge in [0.2, 0.25) is 5.91 Å². The SMILES string of the molecule is CCCC(C)(O)CNC(=O)CSCCc1ccccc1. The van der Waals surface area contributed by atoms with Crippen LogP contribution in [-0.2, 0) is 11.2 Å². The predicted molar refractivity (Wildman–Crippen MR) is 86.0 cm³/mol. The number of thioether (sulfide) groups is 1. The summed E-state index contributed by atoms with van der Waals surface area (Å²) in [6, 6.07) is 10.3. The number of carbonyl (C=O) groups is 1. The molecule has 20 heavy (non-hydrogen) atoms. The van der Waals surface area contributed by atoms with E-state index in [4.69, 9.17) is 0 Å². The van der Waals surface area contributed by atoms with E-state index in [0.717, 1.165) is 18.6 Å². The lowest BCUT2D eigenvalue weighted by Crippen LogP contribution is -2.41. The lowest BCUT2D eigenvalue weighted by Gasteiger charge is -2.22. The van der Waals surface area contributed by atoms with Crippen molar-refractivity contribution in [1.29, 1.82) is 0 Å². The minimum Gasteiger partial charge on any atom is -0.388 e. The summed E-state index contributed by atoms with van der Waals surface area (Å²) < 4.78 is 0. The molecule has 0 heterocycles. The van der Waals surface area contributed by atoms with Crippen molar-refractivity contribution in [3.8, 4) is 0 Å². The molecule has 1 rings (SSSR count). The highest BCUT2D eigenvalue weighted by Crippen LogP contribution is 2.10. The van der Waals surface area contributed by atoms with E-state index in [1.54, 1.807) is 18.7 Å². The summed E-state index contributed by atoms with van der Waals surface area (Å²) in [5, 5.41) is 12.8. The molecular weight excluding hydrogens is 270 g/mol. The van der Waals surface area contributed by atoms with Crippen LogP contribution in [0.2, 0.25) is 0 Å². The smallest absolute Gasteiger partial charge is 0.230 e. The topological polar surface area (TPSA) is 49.3 Å². The van der Waals surface area contributed by atoms with Crippen molar-refractivity contribution in [3.63, 3.8) is 0 Å². The molecule has 0 aliphatic heterocycles. The third-order valence-electron chi connectivity index (χ3n) is 3.07. The molecule has 2 N–H and O–H groups in total. The van der Waals surface area contributed by atoms with Crippen LogP contribution in [0.4, 0.5) is 0 Å². The summed E-state index contributed by atoms with van der Waals surface area (Å²) in [4.78, 5) is 11.7. The van der Waals surface area contributed by atoms with Gasteiger partial charge < -0.3 is 10.4 Å². The van der Waals surface area contributed by atoms with Gasteiger partial charge in [0, 0.05) is 6.54 Å². The van der Waals surface area contributed by atoms with Gasteiger partial charge in [0.25, 0.3) is 0 Å². The second kappa shape index (κ2) is 9.03. The van der Waals surface area contributed by atoms with E-state index < -0.39 is 5.60 Å². The third kappa shape index (κ3) is 7.56. The van der Waals surface area contributed by atoms with Crippen LogP contribution < -0.4 is 5.32 Å². The van der Waals surface area contributed by atoms with Crippen LogP contribution >= 0.6 is 11.8 Å². The molecule has 112 valence electrons. The van der Waals surface area contributed by atoms with Crippen LogP contribution in [0.3, 0.4) is 0 Å². The molecule has 0 fully saturated rings. The Kier molecular flexibility index (Phi) is 7.70. The molecule has 1 amide bonds. The van der Waals surface area contributed by atoms with E-state index in [1.165, 1.54) is 5.56 Å². The van der Waals surface area contributed by atoms with Gasteiger partial charge in [-0.15, -0.1) is 0 Å². The normalized spacial score (nSPS) is 13.8. The van der Waals surface area contributed by atoms with Crippen molar-refractivity contribution in [2.45, 2.75) is 38.7 Å². The van der Waals surface area contributed by atoms with Gasteiger partial charge in [-0.1, -0.05) is 43.7 Å². The number of aryl methyl sites for hydroxylation is 1. The highest BCUT2D eigenvalue weighted by Gasteiger charge is 2.19. The average Bonchev–Trinajstić information content (AvgIpc) is 2.43. The number of hydrogen-bond acceptors (Lipinski definition) is 3. The Balaban J connectivity index is 2.11. The van der Waals surface area contributed by atoms with Crippen molar-refractivity contribution in [2.24, 2.45) is 0 Å². The Hall–Kier alpha value is -1.00. The quantitative estimate of drug-likeness (QED) is 0.689. The summed E-state index contributed by atoms with van der Waals surface area (Å²) in [7, 11) is 0. The maximum absolute atomic E-state index is 11.7. The Morgan fingerprint density at radius 2 is 2.05 bits per heavy atom. The fourth-order valence-electron chi connectivity index (χ4n) is 1.97. The Bertz CT molecular complexity index is 393. The summed E-state index contributed by atoms with van der Waals surface area (Å²) >= 11 is 1.63. The van der Waals surface area contributed by atoms with Crippen LogP contribution in [0.25, 0.3) is 0 Å². The van der Waals surface area contributed by atoms with Gasteiger partial charge >= 0.3 is 0 Å². The van der Waals surface area contributed by atoms with Crippen LogP contribution in [0.5, 0.6) is 0 Å². The second-order valence-corrected chi connectivity index (χ2v) is 6.42. The zero-order valence-corrected chi connectivity index (χ0v) is 13.2. The molecule has 1 atom stereocenters. The molecule has 0 aliphatic carbocycles. The molecule has 3 nitrogen and oxygen atoms in total. The maximum Gasteiger partial charge on any atom is 0.230 e. The first-order valence-corrected chi connectivity index (χ1v) is 8.30. The van der Waals surface area contributed by atoms with Gasteiger partial charge in [-0.2, -0.15) is 11.8 Å². The monoisotopic (exact) mass is 295 g/mol. The summed E-state index contributed by atoms with van der Waals surface area (Å²) in [6.45, 7) is 4.12. The molecule has 0 aliphatic rings. The maximum atomic E-state index is 11.7. The van der Waals surface area contributed by atoms with E-state index in [-0.39, 0.29) is 5.91 Å². The molecule has 0 aromatic heterocycles. The highest BCUT2D eigenvalue weighted by atomic mass is 32.2. The molecule has 1 aromatic carbocycles. The van der Waals surface area contributed by atoms with Crippen molar-refractivity contribution in [2.75, 3.05) is 18.1 Å². The molecule has 0 radical (unpaired) electrons. The van der Waals surface area contributed by atoms with Crippen molar-refractivity contribution < 1.29 is 9.90 Å². The van der Waals surface area contributed by atoms with Crippen LogP contribution in [0.1, 0.15) is 32.3 Å². The lowest BCUT2D eigenvalue weighted by atomic mass is 10.0. The number of carbonyl (C=O) groups excluding carboxylic acids is 1. The molecular formula is C16H25NO2S. The summed E-state index contributed by atoms with van der Waals surface area (Å²) in [5.74, 6) is 1.39. The fourth-order valence-corrected chi connectivity index (χ4v) is 2.78. The van der Waals surface area contributed by atoms with Crippen LogP contribution in [-0.4, -0.2) is 34.7 Å². The molecule has 1 aromatic rings. The highest BCUT2D eigenvalue weighted by molar-refractivity contribution is 7.99. The van der Waals surface area contributed by atoms with Gasteiger partial charge in [-0.05, 0) is 31.1 Å². The number of aliphatic hydroxyl groups is 1. The Labute approximate surface area is 126 Å². The molecule has 0 spiro atoms. The number of nitrogens with one attached hydrogen (secondary N) is 1. The van der Waals surface area contributed by atoms with Crippen LogP contribution in [0.15, 0.2) is 30.3 Å². The largest absolute Gasteiger partial charge is 0.388 e. The van der Waals surface area contributed by atoms with E-state index >= 15 is 0 Å². The van der Waals surface area contributed by atoms with Crippen LogP contribution in [0, 0.1) is 0 Å². The van der Waals surface area contributed by atoms with E-state index in [2.05, 4.69) is 17.4 Å². The second-order valence-electron chi connectivity index (χ2n) is 5.31. The number of benzene rings is 1. The number of hydrogen-bond donors (Lipinski definition) is 2. The van der Waals surface area contributed by atoms with E-state index in [1.807, 2.05) is 25.1 Å². The number of rotatable bonds is 9. The molecule has 1 unspecified atom stereocenters. The Morgan fingerprint density at radius 3 is 2.70 bits per heavy atom. The lowest BCUT2D eigenvalue weighted by molar-refractivity contribution is -0.119. The van der Waals surface area contributed by atoms with Gasteiger partial charge in [0.15, 0.2) is 0 Å². The van der Waals surface area contributed by atoms with Crippen molar-refractivity contribution in [1.82, 2.24) is 5.32 Å². The first kappa shape index (κ1) is 17.1. The predicted octanol–water partition coefficient (Wildman–Crippen LogP) is 2.63. The number of amides is 1. The average molecular weight is 295 g/mol. The van der Waals surface area contributed by atoms with E-state index in [9.17, 15) is 9.90 Å². The molecule has 0 saturated carbocycles. The summed E-state index contributed by atoms with van der Waals surface area (Å²) in [5.41, 5.74) is 0.505. The minimum atomic E-state index is -0.793. The third-order valence-corrected chi connectivity index (χ3v) is 4.03. The zero-order valence-electron chi connectivity index (χ0n) is 12.4. The standard InChI is InChI=1S/C16H25NO2S/c1-3-10-16(2,19)13-17-15(18)12-20-11-9-14-7-5-4-6-8-14/h4-8,19H,3,9-13H2,1-2H3,(H,17,18). The van der Waals surface area contributed by atoms with Gasteiger partial charge in [0.1, 0.15) is 0 Å². The van der Waals surface area contributed by atoms with Crippen molar-refractivity contribution >= 4 is 17.7 Å². The Morgan fingerprint density at radius 1 is 1.35 bits per heavy atom. The minimum absolute atomic E-state index is 0.000519.